The second-order valence-electron chi connectivity index (χ2n) is 5.13. The van der Waals surface area contributed by atoms with Gasteiger partial charge >= 0.3 is 5.97 Å². The maximum Gasteiger partial charge on any atom is 0.335 e. The molecular formula is C18H15BrN2O4. The zero-order valence-electron chi connectivity index (χ0n) is 13.3. The van der Waals surface area contributed by atoms with Crippen LogP contribution in [-0.2, 0) is 0 Å². The number of aromatic nitrogens is 1. The molecule has 0 unspecified atom stereocenters. The predicted molar refractivity (Wildman–Crippen MR) is 97.9 cm³/mol. The molecule has 3 rings (SSSR count). The molecule has 0 saturated heterocycles. The van der Waals surface area contributed by atoms with Gasteiger partial charge in [0.05, 0.1) is 16.6 Å². The lowest BCUT2D eigenvalue weighted by atomic mass is 10.2. The van der Waals surface area contributed by atoms with Gasteiger partial charge in [-0.25, -0.2) is 4.79 Å². The number of carbonyl (C=O) groups is 3. The van der Waals surface area contributed by atoms with E-state index in [1.165, 1.54) is 17.7 Å². The number of primary amides is 1. The van der Waals surface area contributed by atoms with Gasteiger partial charge < -0.3 is 10.8 Å². The van der Waals surface area contributed by atoms with Crippen LogP contribution in [0.4, 0.5) is 0 Å². The highest BCUT2D eigenvalue weighted by Gasteiger charge is 2.13. The number of amides is 1. The Morgan fingerprint density at radius 2 is 1.76 bits per heavy atom. The van der Waals surface area contributed by atoms with Crippen LogP contribution in [0.5, 0.6) is 0 Å². The molecule has 7 heteroatoms. The lowest BCUT2D eigenvalue weighted by Gasteiger charge is -1.96. The lowest BCUT2D eigenvalue weighted by molar-refractivity contribution is 0.0696. The molecule has 0 aliphatic heterocycles. The second kappa shape index (κ2) is 7.76. The smallest absolute Gasteiger partial charge is 0.335 e. The molecule has 25 heavy (non-hydrogen) atoms. The number of benzene rings is 2. The van der Waals surface area contributed by atoms with Gasteiger partial charge in [-0.3, -0.25) is 14.2 Å². The van der Waals surface area contributed by atoms with Gasteiger partial charge in [-0.15, -0.1) is 0 Å². The van der Waals surface area contributed by atoms with E-state index in [9.17, 15) is 14.4 Å². The average Bonchev–Trinajstić information content (AvgIpc) is 2.95. The number of carboxylic acid groups (broad SMARTS) is 1. The maximum atomic E-state index is 11.3. The first-order chi connectivity index (χ1) is 11.8. The van der Waals surface area contributed by atoms with Gasteiger partial charge in [0.15, 0.2) is 0 Å². The molecule has 0 spiro atoms. The zero-order chi connectivity index (χ0) is 18.6. The number of carboxylic acids is 1. The largest absolute Gasteiger partial charge is 0.478 e. The van der Waals surface area contributed by atoms with Gasteiger partial charge in [-0.2, -0.15) is 0 Å². The number of aromatic carboxylic acids is 1. The normalized spacial score (nSPS) is 10.0. The number of nitrogens with zero attached hydrogens (tertiary/aromatic N) is 1. The summed E-state index contributed by atoms with van der Waals surface area (Å²) >= 11 is 3.17. The molecule has 0 aliphatic rings. The second-order valence-corrected chi connectivity index (χ2v) is 6.04. The van der Waals surface area contributed by atoms with Gasteiger partial charge in [0.25, 0.3) is 5.91 Å². The van der Waals surface area contributed by atoms with Crippen molar-refractivity contribution in [3.63, 3.8) is 0 Å². The van der Waals surface area contributed by atoms with Crippen molar-refractivity contribution in [1.29, 1.82) is 0 Å². The topological polar surface area (TPSA) is 102 Å². The average molecular weight is 403 g/mol. The summed E-state index contributed by atoms with van der Waals surface area (Å²) < 4.78 is 2.21. The van der Waals surface area contributed by atoms with E-state index in [4.69, 9.17) is 10.8 Å². The summed E-state index contributed by atoms with van der Waals surface area (Å²) in [6.07, 6.45) is 1.48. The Morgan fingerprint density at radius 1 is 1.08 bits per heavy atom. The van der Waals surface area contributed by atoms with Crippen molar-refractivity contribution in [3.05, 3.63) is 70.3 Å². The van der Waals surface area contributed by atoms with E-state index in [1.54, 1.807) is 42.5 Å². The summed E-state index contributed by atoms with van der Waals surface area (Å²) in [6.45, 7) is 1.44. The standard InChI is InChI=1S/C11H10N2O2.C7H5BrO2/c1-7(14)13-6-9(11(12)15)8-4-2-3-5-10(8)13;8-6-3-1-2-5(4-6)7(9)10/h2-6H,1H3,(H2,12,15);1-4H,(H,9,10). The summed E-state index contributed by atoms with van der Waals surface area (Å²) in [7, 11) is 0. The lowest BCUT2D eigenvalue weighted by Crippen LogP contribution is -2.10. The van der Waals surface area contributed by atoms with Crippen LogP contribution in [0, 0.1) is 0 Å². The number of rotatable bonds is 2. The molecule has 3 aromatic rings. The first-order valence-electron chi connectivity index (χ1n) is 7.21. The van der Waals surface area contributed by atoms with Crippen molar-refractivity contribution < 1.29 is 19.5 Å². The van der Waals surface area contributed by atoms with Crippen LogP contribution >= 0.6 is 15.9 Å². The predicted octanol–water partition coefficient (Wildman–Crippen LogP) is 3.55. The van der Waals surface area contributed by atoms with E-state index in [0.29, 0.717) is 22.0 Å². The highest BCUT2D eigenvalue weighted by molar-refractivity contribution is 9.10. The van der Waals surface area contributed by atoms with Crippen molar-refractivity contribution in [2.45, 2.75) is 6.92 Å². The summed E-state index contributed by atoms with van der Waals surface area (Å²) in [5, 5.41) is 9.20. The third-order valence-electron chi connectivity index (χ3n) is 3.39. The van der Waals surface area contributed by atoms with Crippen LogP contribution in [0.3, 0.4) is 0 Å². The minimum atomic E-state index is -0.902. The van der Waals surface area contributed by atoms with E-state index in [2.05, 4.69) is 15.9 Å². The third kappa shape index (κ3) is 4.33. The molecule has 128 valence electrons. The summed E-state index contributed by atoms with van der Waals surface area (Å²) in [5.74, 6) is -1.56. The summed E-state index contributed by atoms with van der Waals surface area (Å²) in [4.78, 5) is 32.8. The quantitative estimate of drug-likeness (QED) is 0.683. The Hall–Kier alpha value is -2.93. The third-order valence-corrected chi connectivity index (χ3v) is 3.88. The fourth-order valence-corrected chi connectivity index (χ4v) is 2.66. The molecule has 0 radical (unpaired) electrons. The highest BCUT2D eigenvalue weighted by atomic mass is 79.9. The molecule has 0 fully saturated rings. The van der Waals surface area contributed by atoms with Gasteiger partial charge in [0.1, 0.15) is 0 Å². The van der Waals surface area contributed by atoms with Crippen LogP contribution in [0.1, 0.15) is 32.4 Å². The van der Waals surface area contributed by atoms with Crippen molar-refractivity contribution in [2.24, 2.45) is 5.73 Å². The Bertz CT molecular complexity index is 915. The molecule has 0 bridgehead atoms. The zero-order valence-corrected chi connectivity index (χ0v) is 14.9. The van der Waals surface area contributed by atoms with E-state index < -0.39 is 11.9 Å². The number of nitrogens with two attached hydrogens (primary N) is 1. The minimum Gasteiger partial charge on any atom is -0.478 e. The molecular weight excluding hydrogens is 388 g/mol. The van der Waals surface area contributed by atoms with Crippen molar-refractivity contribution in [3.8, 4) is 0 Å². The number of fused-ring (bicyclic) bond motifs is 1. The first-order valence-corrected chi connectivity index (χ1v) is 8.00. The molecule has 3 N–H and O–H groups in total. The highest BCUT2D eigenvalue weighted by Crippen LogP contribution is 2.20. The fraction of sp³-hybridized carbons (Fsp3) is 0.0556. The first kappa shape index (κ1) is 18.4. The minimum absolute atomic E-state index is 0.140. The van der Waals surface area contributed by atoms with Gasteiger partial charge in [-0.1, -0.05) is 40.2 Å². The molecule has 0 atom stereocenters. The van der Waals surface area contributed by atoms with Crippen LogP contribution in [0.25, 0.3) is 10.9 Å². The van der Waals surface area contributed by atoms with Crippen molar-refractivity contribution in [2.75, 3.05) is 0 Å². The van der Waals surface area contributed by atoms with Crippen LogP contribution in [-0.4, -0.2) is 27.5 Å². The molecule has 1 amide bonds. The number of carbonyl (C=O) groups excluding carboxylic acids is 2. The molecule has 0 saturated carbocycles. The molecule has 1 heterocycles. The van der Waals surface area contributed by atoms with Crippen molar-refractivity contribution >= 4 is 44.6 Å². The van der Waals surface area contributed by atoms with Gasteiger partial charge in [0.2, 0.25) is 5.91 Å². The number of hydrogen-bond acceptors (Lipinski definition) is 3. The molecule has 0 aliphatic carbocycles. The Balaban J connectivity index is 0.000000196. The monoisotopic (exact) mass is 402 g/mol. The number of halogens is 1. The van der Waals surface area contributed by atoms with Crippen LogP contribution < -0.4 is 5.73 Å². The van der Waals surface area contributed by atoms with Crippen LogP contribution in [0.2, 0.25) is 0 Å². The van der Waals surface area contributed by atoms with E-state index in [-0.39, 0.29) is 5.91 Å². The Morgan fingerprint density at radius 3 is 2.28 bits per heavy atom. The maximum absolute atomic E-state index is 11.3. The van der Waals surface area contributed by atoms with Gasteiger partial charge in [0, 0.05) is 23.0 Å². The van der Waals surface area contributed by atoms with Crippen molar-refractivity contribution in [1.82, 2.24) is 4.57 Å². The van der Waals surface area contributed by atoms with Crippen LogP contribution in [0.15, 0.2) is 59.2 Å². The van der Waals surface area contributed by atoms with E-state index >= 15 is 0 Å². The Kier molecular flexibility index (Phi) is 5.71. The molecule has 6 nitrogen and oxygen atoms in total. The van der Waals surface area contributed by atoms with E-state index in [0.717, 1.165) is 4.47 Å². The number of hydrogen-bond donors (Lipinski definition) is 2. The molecule has 1 aromatic heterocycles. The molecule has 2 aromatic carbocycles. The summed E-state index contributed by atoms with van der Waals surface area (Å²) in [6, 6.07) is 13.7. The fourth-order valence-electron chi connectivity index (χ4n) is 2.26. The van der Waals surface area contributed by atoms with E-state index in [1.807, 2.05) is 6.07 Å². The Labute approximate surface area is 152 Å². The number of para-hydroxylation sites is 1. The summed E-state index contributed by atoms with van der Waals surface area (Å²) in [5.41, 5.74) is 6.61. The van der Waals surface area contributed by atoms with Gasteiger partial charge in [-0.05, 0) is 24.3 Å². The SMILES string of the molecule is CC(=O)n1cc(C(N)=O)c2ccccc21.O=C(O)c1cccc(Br)c1.